The highest BCUT2D eigenvalue weighted by atomic mass is 16.5. The van der Waals surface area contributed by atoms with Crippen molar-refractivity contribution in [3.8, 4) is 5.75 Å². The molecule has 1 aliphatic heterocycles. The standard InChI is InChI=1S/C24H26N2O4/c1-28-23-10-7-17-5-3-4-6-19(17)21(23)16-25-18-8-9-22(20(15-18)24(27)29-2)26-11-13-30-14-12-26/h3-10,15,25H,11-14,16H2,1-2H3. The smallest absolute Gasteiger partial charge is 0.340 e. The maximum Gasteiger partial charge on any atom is 0.340 e. The Morgan fingerprint density at radius 1 is 1.07 bits per heavy atom. The van der Waals surface area contributed by atoms with Crippen molar-refractivity contribution < 1.29 is 19.0 Å². The van der Waals surface area contributed by atoms with Gasteiger partial charge in [-0.2, -0.15) is 0 Å². The van der Waals surface area contributed by atoms with Crippen molar-refractivity contribution in [3.05, 3.63) is 65.7 Å². The molecule has 0 aromatic heterocycles. The summed E-state index contributed by atoms with van der Waals surface area (Å²) in [7, 11) is 3.09. The Hall–Kier alpha value is -3.25. The topological polar surface area (TPSA) is 60.0 Å². The maximum atomic E-state index is 12.5. The van der Waals surface area contributed by atoms with Gasteiger partial charge in [-0.15, -0.1) is 0 Å². The van der Waals surface area contributed by atoms with Crippen LogP contribution < -0.4 is 15.0 Å². The van der Waals surface area contributed by atoms with Crippen molar-refractivity contribution in [2.24, 2.45) is 0 Å². The molecule has 1 aliphatic rings. The van der Waals surface area contributed by atoms with E-state index in [-0.39, 0.29) is 5.97 Å². The van der Waals surface area contributed by atoms with Gasteiger partial charge >= 0.3 is 5.97 Å². The molecular formula is C24H26N2O4. The first kappa shape index (κ1) is 20.0. The summed E-state index contributed by atoms with van der Waals surface area (Å²) >= 11 is 0. The molecule has 3 aromatic carbocycles. The Balaban J connectivity index is 1.63. The minimum atomic E-state index is -0.345. The zero-order valence-corrected chi connectivity index (χ0v) is 17.3. The average molecular weight is 406 g/mol. The van der Waals surface area contributed by atoms with Gasteiger partial charge in [0.05, 0.1) is 38.7 Å². The van der Waals surface area contributed by atoms with E-state index in [4.69, 9.17) is 14.2 Å². The summed E-state index contributed by atoms with van der Waals surface area (Å²) in [5.41, 5.74) is 3.35. The monoisotopic (exact) mass is 406 g/mol. The second-order valence-corrected chi connectivity index (χ2v) is 7.14. The highest BCUT2D eigenvalue weighted by Gasteiger charge is 2.20. The van der Waals surface area contributed by atoms with Crippen molar-refractivity contribution in [1.29, 1.82) is 0 Å². The summed E-state index contributed by atoms with van der Waals surface area (Å²) in [5.74, 6) is 0.488. The number of anilines is 2. The van der Waals surface area contributed by atoms with Crippen LogP contribution in [0.25, 0.3) is 10.8 Å². The van der Waals surface area contributed by atoms with E-state index in [1.807, 2.05) is 36.4 Å². The molecule has 0 saturated carbocycles. The van der Waals surface area contributed by atoms with E-state index in [9.17, 15) is 4.79 Å². The number of carbonyl (C=O) groups is 1. The number of morpholine rings is 1. The fourth-order valence-corrected chi connectivity index (χ4v) is 3.88. The van der Waals surface area contributed by atoms with Crippen LogP contribution in [0.1, 0.15) is 15.9 Å². The van der Waals surface area contributed by atoms with Crippen LogP contribution in [0.3, 0.4) is 0 Å². The molecule has 1 N–H and O–H groups in total. The van der Waals surface area contributed by atoms with Gasteiger partial charge in [0, 0.05) is 30.9 Å². The van der Waals surface area contributed by atoms with Gasteiger partial charge in [-0.3, -0.25) is 0 Å². The zero-order chi connectivity index (χ0) is 20.9. The van der Waals surface area contributed by atoms with Gasteiger partial charge in [-0.1, -0.05) is 30.3 Å². The average Bonchev–Trinajstić information content (AvgIpc) is 2.82. The molecule has 156 valence electrons. The maximum absolute atomic E-state index is 12.5. The number of hydrogen-bond acceptors (Lipinski definition) is 6. The Morgan fingerprint density at radius 3 is 2.63 bits per heavy atom. The number of esters is 1. The van der Waals surface area contributed by atoms with Crippen LogP contribution in [0.4, 0.5) is 11.4 Å². The lowest BCUT2D eigenvalue weighted by Gasteiger charge is -2.30. The molecule has 4 rings (SSSR count). The molecule has 6 nitrogen and oxygen atoms in total. The number of carbonyl (C=O) groups excluding carboxylic acids is 1. The fraction of sp³-hybridized carbons (Fsp3) is 0.292. The number of nitrogens with zero attached hydrogens (tertiary/aromatic N) is 1. The Bertz CT molecular complexity index is 1040. The third-order valence-corrected chi connectivity index (χ3v) is 5.44. The third-order valence-electron chi connectivity index (χ3n) is 5.44. The molecule has 6 heteroatoms. The lowest BCUT2D eigenvalue weighted by molar-refractivity contribution is 0.0600. The molecule has 0 amide bonds. The molecule has 0 aliphatic carbocycles. The SMILES string of the molecule is COC(=O)c1cc(NCc2c(OC)ccc3ccccc23)ccc1N1CCOCC1. The quantitative estimate of drug-likeness (QED) is 0.623. The van der Waals surface area contributed by atoms with Crippen molar-refractivity contribution in [1.82, 2.24) is 0 Å². The van der Waals surface area contributed by atoms with Crippen LogP contribution >= 0.6 is 0 Å². The first-order valence-electron chi connectivity index (χ1n) is 10.0. The fourth-order valence-electron chi connectivity index (χ4n) is 3.88. The number of fused-ring (bicyclic) bond motifs is 1. The van der Waals surface area contributed by atoms with Crippen LogP contribution in [-0.2, 0) is 16.0 Å². The molecule has 1 heterocycles. The Morgan fingerprint density at radius 2 is 1.87 bits per heavy atom. The molecule has 3 aromatic rings. The molecule has 30 heavy (non-hydrogen) atoms. The first-order chi connectivity index (χ1) is 14.7. The van der Waals surface area contributed by atoms with E-state index >= 15 is 0 Å². The van der Waals surface area contributed by atoms with Crippen molar-refractivity contribution in [2.45, 2.75) is 6.54 Å². The number of methoxy groups -OCH3 is 2. The highest BCUT2D eigenvalue weighted by molar-refractivity contribution is 5.97. The summed E-state index contributed by atoms with van der Waals surface area (Å²) in [4.78, 5) is 14.6. The van der Waals surface area contributed by atoms with E-state index in [2.05, 4.69) is 28.4 Å². The van der Waals surface area contributed by atoms with E-state index < -0.39 is 0 Å². The summed E-state index contributed by atoms with van der Waals surface area (Å²) in [6.45, 7) is 3.39. The van der Waals surface area contributed by atoms with Crippen molar-refractivity contribution in [3.63, 3.8) is 0 Å². The van der Waals surface area contributed by atoms with Crippen LogP contribution in [0.15, 0.2) is 54.6 Å². The van der Waals surface area contributed by atoms with E-state index in [0.717, 1.165) is 46.5 Å². The van der Waals surface area contributed by atoms with Gasteiger partial charge in [0.1, 0.15) is 5.75 Å². The van der Waals surface area contributed by atoms with Crippen molar-refractivity contribution in [2.75, 3.05) is 50.7 Å². The third kappa shape index (κ3) is 4.04. The normalized spacial score (nSPS) is 13.9. The second kappa shape index (κ2) is 9.05. The number of rotatable bonds is 6. The van der Waals surface area contributed by atoms with Gasteiger partial charge in [-0.05, 0) is 35.0 Å². The number of ether oxygens (including phenoxy) is 3. The Labute approximate surface area is 176 Å². The van der Waals surface area contributed by atoms with Gasteiger partial charge in [-0.25, -0.2) is 4.79 Å². The van der Waals surface area contributed by atoms with E-state index in [1.54, 1.807) is 7.11 Å². The molecule has 1 fully saturated rings. The molecule has 0 unspecified atom stereocenters. The largest absolute Gasteiger partial charge is 0.496 e. The van der Waals surface area contributed by atoms with Gasteiger partial charge < -0.3 is 24.4 Å². The lowest BCUT2D eigenvalue weighted by Crippen LogP contribution is -2.37. The Kier molecular flexibility index (Phi) is 6.05. The van der Waals surface area contributed by atoms with Gasteiger partial charge in [0.25, 0.3) is 0 Å². The molecule has 1 saturated heterocycles. The molecule has 0 spiro atoms. The molecule has 0 bridgehead atoms. The van der Waals surface area contributed by atoms with Crippen LogP contribution in [0.2, 0.25) is 0 Å². The van der Waals surface area contributed by atoms with Crippen LogP contribution in [-0.4, -0.2) is 46.5 Å². The molecule has 0 radical (unpaired) electrons. The predicted molar refractivity (Wildman–Crippen MR) is 119 cm³/mol. The summed E-state index contributed by atoms with van der Waals surface area (Å²) in [5, 5.41) is 5.75. The summed E-state index contributed by atoms with van der Waals surface area (Å²) in [6, 6.07) is 18.1. The van der Waals surface area contributed by atoms with Gasteiger partial charge in [0.15, 0.2) is 0 Å². The number of nitrogens with one attached hydrogen (secondary N) is 1. The summed E-state index contributed by atoms with van der Waals surface area (Å²) in [6.07, 6.45) is 0. The van der Waals surface area contributed by atoms with E-state index in [1.165, 1.54) is 7.11 Å². The molecular weight excluding hydrogens is 380 g/mol. The minimum Gasteiger partial charge on any atom is -0.496 e. The lowest BCUT2D eigenvalue weighted by atomic mass is 10.0. The first-order valence-corrected chi connectivity index (χ1v) is 10.0. The minimum absolute atomic E-state index is 0.345. The second-order valence-electron chi connectivity index (χ2n) is 7.14. The number of hydrogen-bond donors (Lipinski definition) is 1. The van der Waals surface area contributed by atoms with Gasteiger partial charge in [0.2, 0.25) is 0 Å². The van der Waals surface area contributed by atoms with Crippen LogP contribution in [0.5, 0.6) is 5.75 Å². The molecule has 0 atom stereocenters. The predicted octanol–water partition coefficient (Wildman–Crippen LogP) is 4.08. The number of benzene rings is 3. The zero-order valence-electron chi connectivity index (χ0n) is 17.3. The van der Waals surface area contributed by atoms with Crippen molar-refractivity contribution >= 4 is 28.1 Å². The van der Waals surface area contributed by atoms with E-state index in [0.29, 0.717) is 25.3 Å². The summed E-state index contributed by atoms with van der Waals surface area (Å²) < 4.78 is 16.1. The highest BCUT2D eigenvalue weighted by Crippen LogP contribution is 2.30. The van der Waals surface area contributed by atoms with Crippen LogP contribution in [0, 0.1) is 0 Å².